The van der Waals surface area contributed by atoms with Crippen LogP contribution in [0.4, 0.5) is 4.39 Å². The van der Waals surface area contributed by atoms with Crippen LogP contribution in [0.25, 0.3) is 0 Å². The van der Waals surface area contributed by atoms with Gasteiger partial charge in [0.05, 0.1) is 0 Å². The van der Waals surface area contributed by atoms with E-state index in [1.165, 1.54) is 25.3 Å². The maximum Gasteiger partial charge on any atom is 0.140 e. The second-order valence-electron chi connectivity index (χ2n) is 6.24. The summed E-state index contributed by atoms with van der Waals surface area (Å²) in [5.41, 5.74) is 0.470. The number of carbonyl (C=O) groups excluding carboxylic acids is 1. The Morgan fingerprint density at radius 3 is 2.62 bits per heavy atom. The van der Waals surface area contributed by atoms with Gasteiger partial charge in [-0.15, -0.1) is 0 Å². The minimum Gasteiger partial charge on any atom is -0.299 e. The van der Waals surface area contributed by atoms with Gasteiger partial charge in [-0.05, 0) is 49.3 Å². The van der Waals surface area contributed by atoms with Gasteiger partial charge in [0, 0.05) is 17.4 Å². The lowest BCUT2D eigenvalue weighted by molar-refractivity contribution is -0.123. The number of unbranched alkanes of at least 4 members (excludes halogenated alkanes) is 1. The van der Waals surface area contributed by atoms with E-state index < -0.39 is 0 Å². The topological polar surface area (TPSA) is 17.1 Å². The molecule has 1 aliphatic rings. The molecule has 1 aliphatic carbocycles. The predicted molar refractivity (Wildman–Crippen MR) is 85.1 cm³/mol. The van der Waals surface area contributed by atoms with Crippen molar-refractivity contribution in [2.75, 3.05) is 0 Å². The Hall–Kier alpha value is -0.890. The molecule has 0 heterocycles. The van der Waals surface area contributed by atoms with E-state index in [1.807, 2.05) is 0 Å². The van der Waals surface area contributed by atoms with Gasteiger partial charge in [-0.25, -0.2) is 4.39 Å². The average Bonchev–Trinajstić information content (AvgIpc) is 2.48. The molecule has 0 spiro atoms. The first-order valence-corrected chi connectivity index (χ1v) is 8.44. The van der Waals surface area contributed by atoms with E-state index in [0.717, 1.165) is 31.6 Å². The Kier molecular flexibility index (Phi) is 6.22. The Bertz CT molecular complexity index is 478. The van der Waals surface area contributed by atoms with Crippen LogP contribution in [0.5, 0.6) is 0 Å². The third-order valence-electron chi connectivity index (χ3n) is 4.65. The highest BCUT2D eigenvalue weighted by Crippen LogP contribution is 2.33. The number of ketones is 1. The zero-order valence-corrected chi connectivity index (χ0v) is 13.5. The van der Waals surface area contributed by atoms with Gasteiger partial charge in [-0.1, -0.05) is 43.9 Å². The number of Topliss-reactive ketones (excluding diaryl/α,β-unsaturated/α-hetero) is 1. The van der Waals surface area contributed by atoms with Crippen molar-refractivity contribution in [1.29, 1.82) is 0 Å². The second-order valence-corrected chi connectivity index (χ2v) is 6.68. The van der Waals surface area contributed by atoms with Gasteiger partial charge in [0.1, 0.15) is 11.6 Å². The molecular weight excluding hydrogens is 287 g/mol. The summed E-state index contributed by atoms with van der Waals surface area (Å²) in [5.74, 6) is 0.733. The molecule has 1 fully saturated rings. The number of benzene rings is 1. The fourth-order valence-corrected chi connectivity index (χ4v) is 3.42. The summed E-state index contributed by atoms with van der Waals surface area (Å²) in [6, 6.07) is 4.56. The first-order valence-electron chi connectivity index (χ1n) is 8.06. The van der Waals surface area contributed by atoms with E-state index in [2.05, 4.69) is 6.92 Å². The third-order valence-corrected chi connectivity index (χ3v) is 4.88. The van der Waals surface area contributed by atoms with Crippen LogP contribution in [-0.2, 0) is 11.2 Å². The van der Waals surface area contributed by atoms with Gasteiger partial charge >= 0.3 is 0 Å². The molecule has 21 heavy (non-hydrogen) atoms. The van der Waals surface area contributed by atoms with Crippen molar-refractivity contribution >= 4 is 17.4 Å². The molecular formula is C18H24ClFO. The normalized spacial score (nSPS) is 22.2. The Balaban J connectivity index is 1.84. The van der Waals surface area contributed by atoms with Crippen LogP contribution in [0.1, 0.15) is 57.4 Å². The molecule has 1 nitrogen and oxygen atoms in total. The van der Waals surface area contributed by atoms with Gasteiger partial charge in [0.15, 0.2) is 0 Å². The highest BCUT2D eigenvalue weighted by Gasteiger charge is 2.26. The van der Waals surface area contributed by atoms with Crippen LogP contribution < -0.4 is 0 Å². The Morgan fingerprint density at radius 1 is 1.29 bits per heavy atom. The third kappa shape index (κ3) is 4.81. The van der Waals surface area contributed by atoms with Gasteiger partial charge in [-0.2, -0.15) is 0 Å². The number of halogens is 2. The first kappa shape index (κ1) is 16.5. The Labute approximate surface area is 131 Å². The molecule has 0 amide bonds. The molecule has 1 aromatic rings. The summed E-state index contributed by atoms with van der Waals surface area (Å²) in [6.45, 7) is 2.22. The number of hydrogen-bond acceptors (Lipinski definition) is 1. The van der Waals surface area contributed by atoms with Crippen molar-refractivity contribution < 1.29 is 9.18 Å². The molecule has 0 atom stereocenters. The van der Waals surface area contributed by atoms with Gasteiger partial charge in [0.2, 0.25) is 0 Å². The van der Waals surface area contributed by atoms with Crippen molar-refractivity contribution in [3.05, 3.63) is 34.6 Å². The minimum absolute atomic E-state index is 0.123. The molecule has 0 aliphatic heterocycles. The van der Waals surface area contributed by atoms with E-state index in [4.69, 9.17) is 11.6 Å². The average molecular weight is 311 g/mol. The molecule has 1 saturated carbocycles. The monoisotopic (exact) mass is 310 g/mol. The fraction of sp³-hybridized carbons (Fsp3) is 0.611. The second kappa shape index (κ2) is 7.93. The van der Waals surface area contributed by atoms with Crippen molar-refractivity contribution in [3.63, 3.8) is 0 Å². The lowest BCUT2D eigenvalue weighted by Crippen LogP contribution is -2.23. The largest absolute Gasteiger partial charge is 0.299 e. The van der Waals surface area contributed by atoms with Crippen molar-refractivity contribution in [1.82, 2.24) is 0 Å². The van der Waals surface area contributed by atoms with Crippen molar-refractivity contribution in [3.8, 4) is 0 Å². The maximum absolute atomic E-state index is 13.7. The van der Waals surface area contributed by atoms with E-state index in [9.17, 15) is 9.18 Å². The van der Waals surface area contributed by atoms with Crippen LogP contribution in [-0.4, -0.2) is 5.78 Å². The van der Waals surface area contributed by atoms with Gasteiger partial charge in [-0.3, -0.25) is 4.79 Å². The lowest BCUT2D eigenvalue weighted by Gasteiger charge is -2.27. The number of carbonyl (C=O) groups is 1. The van der Waals surface area contributed by atoms with E-state index in [-0.39, 0.29) is 23.9 Å². The summed E-state index contributed by atoms with van der Waals surface area (Å²) in [6.07, 6.45) is 8.29. The van der Waals surface area contributed by atoms with Crippen LogP contribution in [0.15, 0.2) is 18.2 Å². The molecule has 1 aromatic carbocycles. The zero-order chi connectivity index (χ0) is 15.2. The van der Waals surface area contributed by atoms with Crippen LogP contribution in [0, 0.1) is 17.7 Å². The predicted octanol–water partition coefficient (Wildman–Crippen LogP) is 5.59. The van der Waals surface area contributed by atoms with Crippen LogP contribution >= 0.6 is 11.6 Å². The summed E-state index contributed by atoms with van der Waals surface area (Å²) >= 11 is 5.73. The lowest BCUT2D eigenvalue weighted by atomic mass is 9.77. The SMILES string of the molecule is CCCCC1CCC(C(=O)Cc2ccc(Cl)cc2F)CC1. The molecule has 0 radical (unpaired) electrons. The van der Waals surface area contributed by atoms with E-state index in [1.54, 1.807) is 12.1 Å². The highest BCUT2D eigenvalue weighted by atomic mass is 35.5. The molecule has 0 saturated heterocycles. The zero-order valence-electron chi connectivity index (χ0n) is 12.7. The van der Waals surface area contributed by atoms with Gasteiger partial charge in [0.25, 0.3) is 0 Å². The molecule has 0 unspecified atom stereocenters. The first-order chi connectivity index (χ1) is 10.1. The standard InChI is InChI=1S/C18H24ClFO/c1-2-3-4-13-5-7-14(8-6-13)18(21)11-15-9-10-16(19)12-17(15)20/h9-10,12-14H,2-8,11H2,1H3. The molecule has 116 valence electrons. The molecule has 0 bridgehead atoms. The summed E-state index contributed by atoms with van der Waals surface area (Å²) in [4.78, 5) is 12.3. The molecule has 3 heteroatoms. The van der Waals surface area contributed by atoms with Crippen LogP contribution in [0.3, 0.4) is 0 Å². The summed E-state index contributed by atoms with van der Waals surface area (Å²) in [7, 11) is 0. The fourth-order valence-electron chi connectivity index (χ4n) is 3.26. The van der Waals surface area contributed by atoms with Crippen LogP contribution in [0.2, 0.25) is 5.02 Å². The number of rotatable bonds is 6. The van der Waals surface area contributed by atoms with E-state index in [0.29, 0.717) is 10.6 Å². The maximum atomic E-state index is 13.7. The summed E-state index contributed by atoms with van der Waals surface area (Å²) in [5, 5.41) is 0.375. The molecule has 0 N–H and O–H groups in total. The molecule has 0 aromatic heterocycles. The van der Waals surface area contributed by atoms with Crippen molar-refractivity contribution in [2.45, 2.75) is 58.3 Å². The summed E-state index contributed by atoms with van der Waals surface area (Å²) < 4.78 is 13.7. The minimum atomic E-state index is -0.368. The highest BCUT2D eigenvalue weighted by molar-refractivity contribution is 6.30. The smallest absolute Gasteiger partial charge is 0.140 e. The Morgan fingerprint density at radius 2 is 2.00 bits per heavy atom. The number of hydrogen-bond donors (Lipinski definition) is 0. The van der Waals surface area contributed by atoms with Crippen molar-refractivity contribution in [2.24, 2.45) is 11.8 Å². The van der Waals surface area contributed by atoms with Gasteiger partial charge < -0.3 is 0 Å². The van der Waals surface area contributed by atoms with E-state index >= 15 is 0 Å². The molecule has 2 rings (SSSR count). The quantitative estimate of drug-likeness (QED) is 0.669.